The maximum absolute atomic E-state index is 12.7. The van der Waals surface area contributed by atoms with Gasteiger partial charge in [0.2, 0.25) is 5.91 Å². The van der Waals surface area contributed by atoms with E-state index in [0.717, 1.165) is 36.8 Å². The number of hydrogen-bond acceptors (Lipinski definition) is 4. The van der Waals surface area contributed by atoms with Gasteiger partial charge in [-0.2, -0.15) is 0 Å². The summed E-state index contributed by atoms with van der Waals surface area (Å²) in [7, 11) is 0. The Morgan fingerprint density at radius 3 is 2.90 bits per heavy atom. The van der Waals surface area contributed by atoms with E-state index in [4.69, 9.17) is 4.74 Å². The van der Waals surface area contributed by atoms with Crippen molar-refractivity contribution in [2.45, 2.75) is 25.0 Å². The maximum Gasteiger partial charge on any atom is 0.245 e. The van der Waals surface area contributed by atoms with Gasteiger partial charge in [-0.3, -0.25) is 10.1 Å². The van der Waals surface area contributed by atoms with Gasteiger partial charge in [-0.15, -0.1) is 11.8 Å². The number of amides is 1. The molecule has 108 valence electrons. The van der Waals surface area contributed by atoms with Gasteiger partial charge in [0.25, 0.3) is 0 Å². The highest BCUT2D eigenvalue weighted by Crippen LogP contribution is 2.22. The Morgan fingerprint density at radius 2 is 2.25 bits per heavy atom. The van der Waals surface area contributed by atoms with Crippen LogP contribution in [0.1, 0.15) is 12.8 Å². The molecule has 0 radical (unpaired) electrons. The fraction of sp³-hybridized carbons (Fsp3) is 0.533. The molecule has 2 fully saturated rings. The standard InChI is InChI=1S/C15H20N2O2S/c18-15(14-10-20-11-16-14)17(9-13-7-4-8-19-13)12-5-2-1-3-6-12/h1-3,5-6,13-14,16H,4,7-11H2. The summed E-state index contributed by atoms with van der Waals surface area (Å²) in [6.45, 7) is 1.48. The molecule has 20 heavy (non-hydrogen) atoms. The van der Waals surface area contributed by atoms with Gasteiger partial charge >= 0.3 is 0 Å². The zero-order chi connectivity index (χ0) is 13.8. The lowest BCUT2D eigenvalue weighted by atomic mass is 10.1. The van der Waals surface area contributed by atoms with Crippen molar-refractivity contribution in [3.05, 3.63) is 30.3 Å². The number of carbonyl (C=O) groups excluding carboxylic acids is 1. The summed E-state index contributed by atoms with van der Waals surface area (Å²) in [6, 6.07) is 9.84. The molecule has 0 aromatic heterocycles. The van der Waals surface area contributed by atoms with Crippen LogP contribution in [0.4, 0.5) is 5.69 Å². The van der Waals surface area contributed by atoms with Crippen LogP contribution in [-0.2, 0) is 9.53 Å². The molecule has 0 bridgehead atoms. The summed E-state index contributed by atoms with van der Waals surface area (Å²) in [5, 5.41) is 3.26. The number of thioether (sulfide) groups is 1. The van der Waals surface area contributed by atoms with E-state index in [1.807, 2.05) is 35.2 Å². The molecule has 4 nitrogen and oxygen atoms in total. The molecule has 2 saturated heterocycles. The third-order valence-corrected chi connectivity index (χ3v) is 4.70. The first-order valence-electron chi connectivity index (χ1n) is 7.14. The van der Waals surface area contributed by atoms with Crippen molar-refractivity contribution in [3.63, 3.8) is 0 Å². The molecular weight excluding hydrogens is 272 g/mol. The fourth-order valence-electron chi connectivity index (χ4n) is 2.66. The van der Waals surface area contributed by atoms with Crippen molar-refractivity contribution >= 4 is 23.4 Å². The van der Waals surface area contributed by atoms with Crippen molar-refractivity contribution in [2.24, 2.45) is 0 Å². The van der Waals surface area contributed by atoms with E-state index in [1.54, 1.807) is 11.8 Å². The number of anilines is 1. The molecular formula is C15H20N2O2S. The quantitative estimate of drug-likeness (QED) is 0.920. The second-order valence-corrected chi connectivity index (χ2v) is 6.22. The highest BCUT2D eigenvalue weighted by Gasteiger charge is 2.30. The zero-order valence-corrected chi connectivity index (χ0v) is 12.3. The van der Waals surface area contributed by atoms with Crippen LogP contribution in [-0.4, -0.2) is 42.8 Å². The van der Waals surface area contributed by atoms with Crippen LogP contribution in [0.5, 0.6) is 0 Å². The van der Waals surface area contributed by atoms with Crippen molar-refractivity contribution in [2.75, 3.05) is 29.7 Å². The predicted molar refractivity (Wildman–Crippen MR) is 82.0 cm³/mol. The monoisotopic (exact) mass is 292 g/mol. The van der Waals surface area contributed by atoms with Crippen LogP contribution >= 0.6 is 11.8 Å². The van der Waals surface area contributed by atoms with Crippen molar-refractivity contribution < 1.29 is 9.53 Å². The molecule has 2 aliphatic rings. The average molecular weight is 292 g/mol. The van der Waals surface area contributed by atoms with E-state index in [1.165, 1.54) is 0 Å². The molecule has 2 heterocycles. The minimum absolute atomic E-state index is 0.0680. The summed E-state index contributed by atoms with van der Waals surface area (Å²) >= 11 is 1.78. The number of benzene rings is 1. The average Bonchev–Trinajstić information content (AvgIpc) is 3.18. The first kappa shape index (κ1) is 13.9. The highest BCUT2D eigenvalue weighted by atomic mass is 32.2. The minimum atomic E-state index is -0.0680. The van der Waals surface area contributed by atoms with Crippen LogP contribution in [0.3, 0.4) is 0 Å². The third kappa shape index (κ3) is 3.16. The zero-order valence-electron chi connectivity index (χ0n) is 11.5. The fourth-order valence-corrected chi connectivity index (χ4v) is 3.60. The van der Waals surface area contributed by atoms with Gasteiger partial charge in [0.05, 0.1) is 18.7 Å². The minimum Gasteiger partial charge on any atom is -0.376 e. The molecule has 1 aromatic rings. The number of carbonyl (C=O) groups is 1. The molecule has 2 unspecified atom stereocenters. The highest BCUT2D eigenvalue weighted by molar-refractivity contribution is 7.99. The van der Waals surface area contributed by atoms with E-state index < -0.39 is 0 Å². The molecule has 5 heteroatoms. The lowest BCUT2D eigenvalue weighted by Gasteiger charge is -2.28. The van der Waals surface area contributed by atoms with Crippen LogP contribution in [0, 0.1) is 0 Å². The summed E-state index contributed by atoms with van der Waals surface area (Å²) in [6.07, 6.45) is 2.32. The summed E-state index contributed by atoms with van der Waals surface area (Å²) < 4.78 is 5.70. The molecule has 2 aliphatic heterocycles. The topological polar surface area (TPSA) is 41.6 Å². The van der Waals surface area contributed by atoms with Crippen molar-refractivity contribution in [1.82, 2.24) is 5.32 Å². The summed E-state index contributed by atoms with van der Waals surface area (Å²) in [5.41, 5.74) is 0.965. The number of para-hydroxylation sites is 1. The molecule has 0 saturated carbocycles. The van der Waals surface area contributed by atoms with E-state index in [-0.39, 0.29) is 18.1 Å². The second kappa shape index (κ2) is 6.61. The van der Waals surface area contributed by atoms with Gasteiger partial charge in [0.1, 0.15) is 0 Å². The van der Waals surface area contributed by atoms with Gasteiger partial charge in [-0.1, -0.05) is 18.2 Å². The normalized spacial score (nSPS) is 25.8. The number of rotatable bonds is 4. The van der Waals surface area contributed by atoms with E-state index in [2.05, 4.69) is 5.32 Å². The SMILES string of the molecule is O=C(C1CSCN1)N(CC1CCCO1)c1ccccc1. The van der Waals surface area contributed by atoms with Crippen LogP contribution in [0.25, 0.3) is 0 Å². The first-order valence-corrected chi connectivity index (χ1v) is 8.29. The van der Waals surface area contributed by atoms with E-state index in [9.17, 15) is 4.79 Å². The number of nitrogens with zero attached hydrogens (tertiary/aromatic N) is 1. The largest absolute Gasteiger partial charge is 0.376 e. The van der Waals surface area contributed by atoms with Crippen molar-refractivity contribution in [3.8, 4) is 0 Å². The molecule has 0 aliphatic carbocycles. The molecule has 3 rings (SSSR count). The Balaban J connectivity index is 1.76. The number of ether oxygens (including phenoxy) is 1. The number of nitrogens with one attached hydrogen (secondary N) is 1. The lowest BCUT2D eigenvalue weighted by Crippen LogP contribution is -2.47. The molecule has 1 aromatic carbocycles. The lowest BCUT2D eigenvalue weighted by molar-refractivity contribution is -0.120. The Bertz CT molecular complexity index is 442. The smallest absolute Gasteiger partial charge is 0.245 e. The van der Waals surface area contributed by atoms with Gasteiger partial charge in [0, 0.05) is 23.9 Å². The van der Waals surface area contributed by atoms with Gasteiger partial charge in [0.15, 0.2) is 0 Å². The van der Waals surface area contributed by atoms with Gasteiger partial charge < -0.3 is 9.64 Å². The molecule has 2 atom stereocenters. The van der Waals surface area contributed by atoms with Crippen LogP contribution in [0.15, 0.2) is 30.3 Å². The summed E-state index contributed by atoms with van der Waals surface area (Å²) in [4.78, 5) is 14.6. The van der Waals surface area contributed by atoms with E-state index >= 15 is 0 Å². The Hall–Kier alpha value is -1.04. The molecule has 1 amide bonds. The maximum atomic E-state index is 12.7. The Morgan fingerprint density at radius 1 is 1.40 bits per heavy atom. The molecule has 1 N–H and O–H groups in total. The van der Waals surface area contributed by atoms with Gasteiger partial charge in [-0.25, -0.2) is 0 Å². The summed E-state index contributed by atoms with van der Waals surface area (Å²) in [5.74, 6) is 1.88. The van der Waals surface area contributed by atoms with E-state index in [0.29, 0.717) is 6.54 Å². The van der Waals surface area contributed by atoms with Gasteiger partial charge in [-0.05, 0) is 25.0 Å². The van der Waals surface area contributed by atoms with Crippen molar-refractivity contribution in [1.29, 1.82) is 0 Å². The Labute approximate surface area is 123 Å². The van der Waals surface area contributed by atoms with Crippen LogP contribution in [0.2, 0.25) is 0 Å². The van der Waals surface area contributed by atoms with Crippen LogP contribution < -0.4 is 10.2 Å². The third-order valence-electron chi connectivity index (χ3n) is 3.76. The predicted octanol–water partition coefficient (Wildman–Crippen LogP) is 1.86. The second-order valence-electron chi connectivity index (χ2n) is 5.19. The Kier molecular flexibility index (Phi) is 4.60. The molecule has 0 spiro atoms. The number of hydrogen-bond donors (Lipinski definition) is 1. The first-order chi connectivity index (χ1) is 9.84.